The second-order valence-corrected chi connectivity index (χ2v) is 9.79. The van der Waals surface area contributed by atoms with E-state index in [0.29, 0.717) is 18.9 Å². The van der Waals surface area contributed by atoms with Gasteiger partial charge in [-0.3, -0.25) is 4.79 Å². The standard InChI is InChI=1S/C31H39N5O/c1-6-9-10-29(37)36(8-3)22(5)31-33-20-28(35-31)26-17-13-24(14-18-26)23-11-15-25(16-12-23)27-19-32-30(34-27)21(4)7-2/h11-22H,6-10H2,1-5H3,(H,32,34)(H,33,35). The fourth-order valence-electron chi connectivity index (χ4n) is 4.59. The van der Waals surface area contributed by atoms with Gasteiger partial charge in [0.05, 0.1) is 29.8 Å². The smallest absolute Gasteiger partial charge is 0.223 e. The van der Waals surface area contributed by atoms with Crippen molar-refractivity contribution in [2.45, 2.75) is 72.3 Å². The van der Waals surface area contributed by atoms with Gasteiger partial charge in [0.25, 0.3) is 0 Å². The van der Waals surface area contributed by atoms with E-state index >= 15 is 0 Å². The first-order valence-corrected chi connectivity index (χ1v) is 13.6. The Bertz CT molecular complexity index is 1290. The molecule has 0 saturated heterocycles. The molecule has 2 aromatic carbocycles. The van der Waals surface area contributed by atoms with Gasteiger partial charge in [0.1, 0.15) is 11.6 Å². The molecule has 0 aliphatic carbocycles. The van der Waals surface area contributed by atoms with E-state index in [2.05, 4.69) is 89.2 Å². The number of carbonyl (C=O) groups is 1. The quantitative estimate of drug-likeness (QED) is 0.222. The normalized spacial score (nSPS) is 12.9. The van der Waals surface area contributed by atoms with Crippen LogP contribution in [0.5, 0.6) is 0 Å². The summed E-state index contributed by atoms with van der Waals surface area (Å²) in [6.07, 6.45) is 7.38. The van der Waals surface area contributed by atoms with Crippen LogP contribution in [0.4, 0.5) is 0 Å². The number of imidazole rings is 2. The van der Waals surface area contributed by atoms with E-state index in [9.17, 15) is 4.79 Å². The van der Waals surface area contributed by atoms with Crippen LogP contribution in [0.25, 0.3) is 33.6 Å². The SMILES string of the molecule is CCCCC(=O)N(CC)C(C)c1ncc(-c2ccc(-c3ccc(-c4cnc(C(C)CC)[nH]4)cc3)cc2)[nH]1. The van der Waals surface area contributed by atoms with Crippen molar-refractivity contribution in [2.75, 3.05) is 6.54 Å². The Morgan fingerprint density at radius 2 is 1.27 bits per heavy atom. The molecule has 0 aliphatic heterocycles. The van der Waals surface area contributed by atoms with E-state index in [-0.39, 0.29) is 11.9 Å². The number of carbonyl (C=O) groups excluding carboxylic acids is 1. The van der Waals surface area contributed by atoms with Crippen molar-refractivity contribution < 1.29 is 4.79 Å². The summed E-state index contributed by atoms with van der Waals surface area (Å²) in [5, 5.41) is 0. The number of nitrogens with one attached hydrogen (secondary N) is 2. The highest BCUT2D eigenvalue weighted by molar-refractivity contribution is 5.76. The Kier molecular flexibility index (Phi) is 8.59. The molecule has 2 N–H and O–H groups in total. The number of benzene rings is 2. The zero-order valence-electron chi connectivity index (χ0n) is 22.7. The lowest BCUT2D eigenvalue weighted by molar-refractivity contribution is -0.133. The van der Waals surface area contributed by atoms with Gasteiger partial charge < -0.3 is 14.9 Å². The summed E-state index contributed by atoms with van der Waals surface area (Å²) in [5.74, 6) is 2.48. The molecule has 0 fully saturated rings. The monoisotopic (exact) mass is 497 g/mol. The number of amides is 1. The van der Waals surface area contributed by atoms with Gasteiger partial charge in [-0.1, -0.05) is 75.7 Å². The molecule has 6 nitrogen and oxygen atoms in total. The number of H-pyrrole nitrogens is 2. The number of aromatic amines is 2. The van der Waals surface area contributed by atoms with Crippen molar-refractivity contribution in [2.24, 2.45) is 0 Å². The lowest BCUT2D eigenvalue weighted by Crippen LogP contribution is -2.33. The summed E-state index contributed by atoms with van der Waals surface area (Å²) in [6, 6.07) is 17.0. The maximum Gasteiger partial charge on any atom is 0.223 e. The van der Waals surface area contributed by atoms with Crippen molar-refractivity contribution in [3.8, 4) is 33.6 Å². The molecule has 4 rings (SSSR count). The molecule has 6 heteroatoms. The summed E-state index contributed by atoms with van der Waals surface area (Å²) in [4.78, 5) is 30.6. The van der Waals surface area contributed by atoms with Crippen LogP contribution < -0.4 is 0 Å². The van der Waals surface area contributed by atoms with Gasteiger partial charge in [-0.2, -0.15) is 0 Å². The van der Waals surface area contributed by atoms with Gasteiger partial charge in [0.2, 0.25) is 5.91 Å². The Morgan fingerprint density at radius 1 is 0.784 bits per heavy atom. The molecule has 194 valence electrons. The van der Waals surface area contributed by atoms with Crippen LogP contribution in [0, 0.1) is 0 Å². The molecular formula is C31H39N5O. The van der Waals surface area contributed by atoms with Crippen LogP contribution >= 0.6 is 0 Å². The van der Waals surface area contributed by atoms with Crippen LogP contribution in [0.2, 0.25) is 0 Å². The number of rotatable bonds is 11. The van der Waals surface area contributed by atoms with Crippen LogP contribution in [0.15, 0.2) is 60.9 Å². The Balaban J connectivity index is 1.45. The molecule has 1 amide bonds. The van der Waals surface area contributed by atoms with Crippen molar-refractivity contribution >= 4 is 5.91 Å². The average Bonchev–Trinajstić information content (AvgIpc) is 3.63. The zero-order valence-corrected chi connectivity index (χ0v) is 22.7. The third-order valence-corrected chi connectivity index (χ3v) is 7.26. The van der Waals surface area contributed by atoms with E-state index < -0.39 is 0 Å². The van der Waals surface area contributed by atoms with Crippen LogP contribution in [-0.4, -0.2) is 37.3 Å². The van der Waals surface area contributed by atoms with Gasteiger partial charge >= 0.3 is 0 Å². The topological polar surface area (TPSA) is 77.7 Å². The van der Waals surface area contributed by atoms with Gasteiger partial charge in [-0.25, -0.2) is 9.97 Å². The maximum atomic E-state index is 12.6. The van der Waals surface area contributed by atoms with Crippen molar-refractivity contribution in [1.82, 2.24) is 24.8 Å². The van der Waals surface area contributed by atoms with E-state index in [1.807, 2.05) is 31.1 Å². The molecule has 0 bridgehead atoms. The Hall–Kier alpha value is -3.67. The van der Waals surface area contributed by atoms with E-state index in [1.165, 1.54) is 5.56 Å². The van der Waals surface area contributed by atoms with E-state index in [1.54, 1.807) is 0 Å². The van der Waals surface area contributed by atoms with Gasteiger partial charge in [-0.05, 0) is 48.9 Å². The molecule has 2 aromatic heterocycles. The molecule has 0 aliphatic rings. The van der Waals surface area contributed by atoms with Crippen LogP contribution in [0.3, 0.4) is 0 Å². The summed E-state index contributed by atoms with van der Waals surface area (Å²) < 4.78 is 0. The lowest BCUT2D eigenvalue weighted by Gasteiger charge is -2.26. The predicted octanol–water partition coefficient (Wildman–Crippen LogP) is 7.75. The first kappa shape index (κ1) is 26.4. The number of aromatic nitrogens is 4. The van der Waals surface area contributed by atoms with Crippen molar-refractivity contribution in [3.05, 3.63) is 72.6 Å². The highest BCUT2D eigenvalue weighted by atomic mass is 16.2. The number of nitrogens with zero attached hydrogens (tertiary/aromatic N) is 3. The Morgan fingerprint density at radius 3 is 1.76 bits per heavy atom. The minimum Gasteiger partial charge on any atom is -0.342 e. The van der Waals surface area contributed by atoms with Crippen molar-refractivity contribution in [1.29, 1.82) is 0 Å². The summed E-state index contributed by atoms with van der Waals surface area (Å²) in [5.41, 5.74) is 6.54. The average molecular weight is 498 g/mol. The molecule has 2 heterocycles. The number of hydrogen-bond donors (Lipinski definition) is 2. The van der Waals surface area contributed by atoms with Crippen molar-refractivity contribution in [3.63, 3.8) is 0 Å². The highest BCUT2D eigenvalue weighted by Gasteiger charge is 2.22. The summed E-state index contributed by atoms with van der Waals surface area (Å²) in [7, 11) is 0. The molecular weight excluding hydrogens is 458 g/mol. The van der Waals surface area contributed by atoms with E-state index in [0.717, 1.165) is 59.0 Å². The van der Waals surface area contributed by atoms with Gasteiger partial charge in [-0.15, -0.1) is 0 Å². The maximum absolute atomic E-state index is 12.6. The van der Waals surface area contributed by atoms with Gasteiger partial charge in [0.15, 0.2) is 0 Å². The minimum atomic E-state index is -0.0861. The fraction of sp³-hybridized carbons (Fsp3) is 0.387. The molecule has 4 aromatic rings. The molecule has 0 spiro atoms. The molecule has 0 saturated carbocycles. The lowest BCUT2D eigenvalue weighted by atomic mass is 10.0. The van der Waals surface area contributed by atoms with E-state index in [4.69, 9.17) is 0 Å². The second-order valence-electron chi connectivity index (χ2n) is 9.79. The summed E-state index contributed by atoms with van der Waals surface area (Å²) >= 11 is 0. The highest BCUT2D eigenvalue weighted by Crippen LogP contribution is 2.28. The third-order valence-electron chi connectivity index (χ3n) is 7.26. The fourth-order valence-corrected chi connectivity index (χ4v) is 4.59. The largest absolute Gasteiger partial charge is 0.342 e. The van der Waals surface area contributed by atoms with Crippen LogP contribution in [-0.2, 0) is 4.79 Å². The third kappa shape index (κ3) is 6.01. The summed E-state index contributed by atoms with van der Waals surface area (Å²) in [6.45, 7) is 11.2. The molecule has 37 heavy (non-hydrogen) atoms. The van der Waals surface area contributed by atoms with Gasteiger partial charge in [0, 0.05) is 18.9 Å². The minimum absolute atomic E-state index is 0.0861. The predicted molar refractivity (Wildman–Crippen MR) is 151 cm³/mol. The Labute approximate surface area is 220 Å². The number of hydrogen-bond acceptors (Lipinski definition) is 3. The first-order valence-electron chi connectivity index (χ1n) is 13.6. The molecule has 2 unspecified atom stereocenters. The second kappa shape index (κ2) is 12.0. The molecule has 2 atom stereocenters. The zero-order chi connectivity index (χ0) is 26.4. The molecule has 0 radical (unpaired) electrons. The van der Waals surface area contributed by atoms with Crippen LogP contribution in [0.1, 0.15) is 83.9 Å². The number of unbranched alkanes of at least 4 members (excludes halogenated alkanes) is 1. The first-order chi connectivity index (χ1) is 17.9.